The predicted molar refractivity (Wildman–Crippen MR) is 112 cm³/mol. The van der Waals surface area contributed by atoms with Gasteiger partial charge in [-0.25, -0.2) is 4.68 Å². The van der Waals surface area contributed by atoms with E-state index in [0.29, 0.717) is 17.2 Å². The normalized spacial score (nSPS) is 10.3. The summed E-state index contributed by atoms with van der Waals surface area (Å²) >= 11 is 0. The molecule has 8 nitrogen and oxygen atoms in total. The molecule has 0 fully saturated rings. The summed E-state index contributed by atoms with van der Waals surface area (Å²) in [5, 5.41) is 7.09. The van der Waals surface area contributed by atoms with Crippen molar-refractivity contribution in [3.05, 3.63) is 71.0 Å². The summed E-state index contributed by atoms with van der Waals surface area (Å²) in [6.45, 7) is 0.356. The van der Waals surface area contributed by atoms with Gasteiger partial charge in [0.2, 0.25) is 0 Å². The number of carbonyl (C=O) groups is 1. The number of amides is 1. The van der Waals surface area contributed by atoms with Crippen molar-refractivity contribution in [2.24, 2.45) is 0 Å². The highest BCUT2D eigenvalue weighted by Crippen LogP contribution is 2.20. The maximum absolute atomic E-state index is 12.1. The minimum atomic E-state index is -0.294. The Morgan fingerprint density at radius 1 is 0.967 bits per heavy atom. The summed E-state index contributed by atoms with van der Waals surface area (Å²) in [7, 11) is 3.16. The van der Waals surface area contributed by atoms with Crippen molar-refractivity contribution in [3.63, 3.8) is 0 Å². The molecule has 1 heterocycles. The van der Waals surface area contributed by atoms with Gasteiger partial charge >= 0.3 is 0 Å². The van der Waals surface area contributed by atoms with E-state index in [0.717, 1.165) is 11.3 Å². The molecule has 0 saturated carbocycles. The average Bonchev–Trinajstić information content (AvgIpc) is 2.79. The summed E-state index contributed by atoms with van der Waals surface area (Å²) in [4.78, 5) is 24.1. The SMILES string of the molecule is COc1ccc(-c2ccc(=O)n(CCNC(=O)COc3cccc(OC)c3)n2)cc1. The predicted octanol–water partition coefficient (Wildman–Crippen LogP) is 2.12. The molecule has 156 valence electrons. The van der Waals surface area contributed by atoms with Crippen molar-refractivity contribution in [2.75, 3.05) is 27.4 Å². The van der Waals surface area contributed by atoms with Gasteiger partial charge < -0.3 is 19.5 Å². The van der Waals surface area contributed by atoms with Crippen molar-refractivity contribution < 1.29 is 19.0 Å². The van der Waals surface area contributed by atoms with Crippen LogP contribution < -0.4 is 25.1 Å². The molecule has 1 N–H and O–H groups in total. The van der Waals surface area contributed by atoms with Crippen LogP contribution in [-0.2, 0) is 11.3 Å². The van der Waals surface area contributed by atoms with Gasteiger partial charge in [-0.05, 0) is 42.5 Å². The lowest BCUT2D eigenvalue weighted by Gasteiger charge is -2.10. The van der Waals surface area contributed by atoms with Gasteiger partial charge in [-0.1, -0.05) is 6.07 Å². The lowest BCUT2D eigenvalue weighted by molar-refractivity contribution is -0.123. The van der Waals surface area contributed by atoms with E-state index in [-0.39, 0.29) is 31.2 Å². The maximum atomic E-state index is 12.1. The number of hydrogen-bond acceptors (Lipinski definition) is 6. The van der Waals surface area contributed by atoms with Crippen molar-refractivity contribution in [1.82, 2.24) is 15.1 Å². The van der Waals surface area contributed by atoms with Crippen LogP contribution in [0, 0.1) is 0 Å². The fraction of sp³-hybridized carbons (Fsp3) is 0.227. The summed E-state index contributed by atoms with van der Waals surface area (Å²) < 4.78 is 17.0. The number of hydrogen-bond donors (Lipinski definition) is 1. The number of rotatable bonds is 9. The van der Waals surface area contributed by atoms with Crippen LogP contribution in [0.2, 0.25) is 0 Å². The zero-order valence-corrected chi connectivity index (χ0v) is 16.8. The number of benzene rings is 2. The molecule has 0 aliphatic rings. The summed E-state index contributed by atoms with van der Waals surface area (Å²) in [5.41, 5.74) is 1.28. The molecule has 30 heavy (non-hydrogen) atoms. The Balaban J connectivity index is 1.53. The van der Waals surface area contributed by atoms with Gasteiger partial charge in [-0.3, -0.25) is 9.59 Å². The number of carbonyl (C=O) groups excluding carboxylic acids is 1. The Hall–Kier alpha value is -3.81. The molecule has 0 atom stereocenters. The fourth-order valence-electron chi connectivity index (χ4n) is 2.72. The third-order valence-corrected chi connectivity index (χ3v) is 4.31. The highest BCUT2D eigenvalue weighted by atomic mass is 16.5. The quantitative estimate of drug-likeness (QED) is 0.582. The van der Waals surface area contributed by atoms with Crippen molar-refractivity contribution in [2.45, 2.75) is 6.54 Å². The first-order chi connectivity index (χ1) is 14.6. The molecule has 2 aromatic carbocycles. The minimum Gasteiger partial charge on any atom is -0.497 e. The Morgan fingerprint density at radius 2 is 1.70 bits per heavy atom. The standard InChI is InChI=1S/C22H23N3O5/c1-28-17-8-6-16(7-9-17)20-10-11-22(27)25(24-20)13-12-23-21(26)15-30-19-5-3-4-18(14-19)29-2/h3-11,14H,12-13,15H2,1-2H3,(H,23,26). The van der Waals surface area contributed by atoms with Gasteiger partial charge in [0.05, 0.1) is 26.5 Å². The summed E-state index contributed by atoms with van der Waals surface area (Å²) in [6, 6.07) is 17.5. The second-order valence-corrected chi connectivity index (χ2v) is 6.33. The van der Waals surface area contributed by atoms with Crippen LogP contribution in [-0.4, -0.2) is 43.1 Å². The smallest absolute Gasteiger partial charge is 0.266 e. The van der Waals surface area contributed by atoms with Crippen LogP contribution in [0.1, 0.15) is 0 Å². The molecular formula is C22H23N3O5. The Morgan fingerprint density at radius 3 is 2.43 bits per heavy atom. The number of nitrogens with zero attached hydrogens (tertiary/aromatic N) is 2. The van der Waals surface area contributed by atoms with E-state index in [9.17, 15) is 9.59 Å². The van der Waals surface area contributed by atoms with E-state index in [4.69, 9.17) is 14.2 Å². The molecule has 1 amide bonds. The average molecular weight is 409 g/mol. The second kappa shape index (κ2) is 10.1. The highest BCUT2D eigenvalue weighted by molar-refractivity contribution is 5.77. The molecule has 0 radical (unpaired) electrons. The molecular weight excluding hydrogens is 386 g/mol. The summed E-state index contributed by atoms with van der Waals surface area (Å²) in [5.74, 6) is 1.63. The number of nitrogens with one attached hydrogen (secondary N) is 1. The van der Waals surface area contributed by atoms with E-state index >= 15 is 0 Å². The topological polar surface area (TPSA) is 91.7 Å². The van der Waals surface area contributed by atoms with Crippen molar-refractivity contribution in [1.29, 1.82) is 0 Å². The Kier molecular flexibility index (Phi) is 7.05. The van der Waals surface area contributed by atoms with Gasteiger partial charge in [0.1, 0.15) is 17.2 Å². The van der Waals surface area contributed by atoms with Gasteiger partial charge in [0.25, 0.3) is 11.5 Å². The maximum Gasteiger partial charge on any atom is 0.266 e. The van der Waals surface area contributed by atoms with E-state index < -0.39 is 0 Å². The zero-order chi connectivity index (χ0) is 21.3. The molecule has 0 bridgehead atoms. The molecule has 0 spiro atoms. The van der Waals surface area contributed by atoms with E-state index in [1.807, 2.05) is 24.3 Å². The fourth-order valence-corrected chi connectivity index (χ4v) is 2.72. The largest absolute Gasteiger partial charge is 0.497 e. The van der Waals surface area contributed by atoms with Crippen molar-refractivity contribution >= 4 is 5.91 Å². The second-order valence-electron chi connectivity index (χ2n) is 6.33. The van der Waals surface area contributed by atoms with E-state index in [1.54, 1.807) is 44.6 Å². The van der Waals surface area contributed by atoms with Gasteiger partial charge in [0.15, 0.2) is 6.61 Å². The minimum absolute atomic E-state index is 0.138. The third-order valence-electron chi connectivity index (χ3n) is 4.31. The molecule has 0 aliphatic carbocycles. The van der Waals surface area contributed by atoms with Gasteiger partial charge in [-0.15, -0.1) is 0 Å². The number of aromatic nitrogens is 2. The van der Waals surface area contributed by atoms with Crippen LogP contribution in [0.3, 0.4) is 0 Å². The molecule has 0 unspecified atom stereocenters. The molecule has 1 aromatic heterocycles. The third kappa shape index (κ3) is 5.60. The first-order valence-electron chi connectivity index (χ1n) is 9.35. The Labute approximate surface area is 174 Å². The number of methoxy groups -OCH3 is 2. The van der Waals surface area contributed by atoms with Crippen LogP contribution >= 0.6 is 0 Å². The first-order valence-corrected chi connectivity index (χ1v) is 9.35. The zero-order valence-electron chi connectivity index (χ0n) is 16.8. The van der Waals surface area contributed by atoms with Gasteiger partial charge in [0, 0.05) is 24.2 Å². The summed E-state index contributed by atoms with van der Waals surface area (Å²) in [6.07, 6.45) is 0. The lowest BCUT2D eigenvalue weighted by Crippen LogP contribution is -2.34. The van der Waals surface area contributed by atoms with Gasteiger partial charge in [-0.2, -0.15) is 5.10 Å². The number of ether oxygens (including phenoxy) is 3. The molecule has 8 heteroatoms. The van der Waals surface area contributed by atoms with Crippen LogP contribution in [0.5, 0.6) is 17.2 Å². The van der Waals surface area contributed by atoms with Crippen LogP contribution in [0.4, 0.5) is 0 Å². The molecule has 0 saturated heterocycles. The van der Waals surface area contributed by atoms with Crippen LogP contribution in [0.15, 0.2) is 65.5 Å². The highest BCUT2D eigenvalue weighted by Gasteiger charge is 2.06. The lowest BCUT2D eigenvalue weighted by atomic mass is 10.1. The Bertz CT molecular complexity index is 1050. The van der Waals surface area contributed by atoms with E-state index in [1.165, 1.54) is 10.7 Å². The molecule has 0 aliphatic heterocycles. The molecule has 3 aromatic rings. The van der Waals surface area contributed by atoms with E-state index in [2.05, 4.69) is 10.4 Å². The monoisotopic (exact) mass is 409 g/mol. The van der Waals surface area contributed by atoms with Crippen molar-refractivity contribution in [3.8, 4) is 28.5 Å². The first kappa shape index (κ1) is 20.9. The van der Waals surface area contributed by atoms with Crippen LogP contribution in [0.25, 0.3) is 11.3 Å². The molecule has 3 rings (SSSR count).